The molecule has 0 bridgehead atoms. The van der Waals surface area contributed by atoms with Crippen LogP contribution in [-0.2, 0) is 16.4 Å². The van der Waals surface area contributed by atoms with E-state index in [0.29, 0.717) is 40.7 Å². The number of rotatable bonds is 6. The van der Waals surface area contributed by atoms with Crippen LogP contribution in [0.25, 0.3) is 11.0 Å². The summed E-state index contributed by atoms with van der Waals surface area (Å²) >= 11 is 1.37. The zero-order chi connectivity index (χ0) is 22.1. The average molecular weight is 474 g/mol. The molecular formula is C21H19N3O6S2. The largest absolute Gasteiger partial charge is 0.495 e. The lowest BCUT2D eigenvalue weighted by atomic mass is 10.0. The molecule has 4 aromatic rings. The van der Waals surface area contributed by atoms with Gasteiger partial charge in [0, 0.05) is 23.2 Å². The molecule has 3 heterocycles. The predicted molar refractivity (Wildman–Crippen MR) is 118 cm³/mol. The third-order valence-electron chi connectivity index (χ3n) is 5.04. The Balaban J connectivity index is 1.61. The summed E-state index contributed by atoms with van der Waals surface area (Å²) in [4.78, 5) is 4.17. The molecule has 166 valence electrons. The van der Waals surface area contributed by atoms with Crippen molar-refractivity contribution >= 4 is 38.1 Å². The molecule has 0 amide bonds. The Bertz CT molecular complexity index is 1370. The first-order valence-corrected chi connectivity index (χ1v) is 12.2. The Morgan fingerprint density at radius 2 is 2.06 bits per heavy atom. The van der Waals surface area contributed by atoms with Gasteiger partial charge in [-0.25, -0.2) is 13.4 Å². The SMILES string of the molecule is COc1ccccc1S(=O)(=O)Nc1noc2cc(Oc3nccs3)c3c(c12)OCCCC3. The number of methoxy groups -OCH3 is 1. The van der Waals surface area contributed by atoms with Gasteiger partial charge in [-0.1, -0.05) is 28.6 Å². The highest BCUT2D eigenvalue weighted by Gasteiger charge is 2.28. The quantitative estimate of drug-likeness (QED) is 0.432. The van der Waals surface area contributed by atoms with Crippen LogP contribution in [-0.4, -0.2) is 32.3 Å². The van der Waals surface area contributed by atoms with Gasteiger partial charge in [0.25, 0.3) is 15.2 Å². The highest BCUT2D eigenvalue weighted by Crippen LogP contribution is 2.44. The third-order valence-corrected chi connectivity index (χ3v) is 7.07. The molecule has 0 saturated carbocycles. The van der Waals surface area contributed by atoms with E-state index in [4.69, 9.17) is 18.7 Å². The van der Waals surface area contributed by atoms with Gasteiger partial charge < -0.3 is 18.7 Å². The number of thiazole rings is 1. The number of ether oxygens (including phenoxy) is 3. The van der Waals surface area contributed by atoms with Crippen LogP contribution < -0.4 is 18.9 Å². The molecule has 2 aromatic carbocycles. The molecule has 1 aliphatic heterocycles. The molecule has 0 fully saturated rings. The summed E-state index contributed by atoms with van der Waals surface area (Å²) in [5.41, 5.74) is 1.17. The number of hydrogen-bond donors (Lipinski definition) is 1. The second-order valence-electron chi connectivity index (χ2n) is 7.05. The Kier molecular flexibility index (Phi) is 5.35. The monoisotopic (exact) mass is 473 g/mol. The number of para-hydroxylation sites is 1. The number of nitrogens with one attached hydrogen (secondary N) is 1. The van der Waals surface area contributed by atoms with Crippen LogP contribution in [0.3, 0.4) is 0 Å². The normalized spacial score (nSPS) is 13.8. The van der Waals surface area contributed by atoms with E-state index >= 15 is 0 Å². The number of sulfonamides is 1. The first-order valence-electron chi connectivity index (χ1n) is 9.88. The summed E-state index contributed by atoms with van der Waals surface area (Å²) in [5.74, 6) is 1.33. The molecule has 0 radical (unpaired) electrons. The summed E-state index contributed by atoms with van der Waals surface area (Å²) in [6.07, 6.45) is 4.13. The minimum absolute atomic E-state index is 0.00520. The van der Waals surface area contributed by atoms with Gasteiger partial charge in [-0.2, -0.15) is 0 Å². The topological polar surface area (TPSA) is 113 Å². The first-order chi connectivity index (χ1) is 15.6. The number of fused-ring (bicyclic) bond motifs is 3. The molecular weight excluding hydrogens is 454 g/mol. The zero-order valence-electron chi connectivity index (χ0n) is 17.0. The van der Waals surface area contributed by atoms with Gasteiger partial charge in [0.1, 0.15) is 27.5 Å². The zero-order valence-corrected chi connectivity index (χ0v) is 18.7. The predicted octanol–water partition coefficient (Wildman–Crippen LogP) is 4.60. The van der Waals surface area contributed by atoms with Gasteiger partial charge in [0.2, 0.25) is 0 Å². The van der Waals surface area contributed by atoms with Gasteiger partial charge in [-0.05, 0) is 31.4 Å². The van der Waals surface area contributed by atoms with E-state index in [2.05, 4.69) is 14.9 Å². The maximum absolute atomic E-state index is 13.1. The lowest BCUT2D eigenvalue weighted by molar-refractivity contribution is 0.319. The van der Waals surface area contributed by atoms with E-state index in [1.807, 2.05) is 5.38 Å². The Morgan fingerprint density at radius 1 is 1.19 bits per heavy atom. The van der Waals surface area contributed by atoms with Crippen molar-refractivity contribution in [2.45, 2.75) is 24.2 Å². The standard InChI is InChI=1S/C21H19N3O6S2/c1-27-14-7-2-3-8-17(14)32(25,26)24-20-18-16(30-23-20)12-15(29-21-22-9-11-31-21)13-6-4-5-10-28-19(13)18/h2-3,7-9,11-12H,4-6,10H2,1H3,(H,23,24). The average Bonchev–Trinajstić information content (AvgIpc) is 3.37. The minimum atomic E-state index is -4.00. The Morgan fingerprint density at radius 3 is 2.88 bits per heavy atom. The lowest BCUT2D eigenvalue weighted by Crippen LogP contribution is -2.14. The second kappa shape index (κ2) is 8.32. The summed E-state index contributed by atoms with van der Waals surface area (Å²) in [5, 5.41) is 6.75. The molecule has 1 N–H and O–H groups in total. The molecule has 0 spiro atoms. The second-order valence-corrected chi connectivity index (χ2v) is 9.56. The van der Waals surface area contributed by atoms with Crippen LogP contribution in [0.4, 0.5) is 5.82 Å². The van der Waals surface area contributed by atoms with Crippen molar-refractivity contribution < 1.29 is 27.2 Å². The first kappa shape index (κ1) is 20.6. The number of benzene rings is 2. The lowest BCUT2D eigenvalue weighted by Gasteiger charge is -2.14. The number of aromatic nitrogens is 2. The van der Waals surface area contributed by atoms with Gasteiger partial charge in [0.05, 0.1) is 13.7 Å². The van der Waals surface area contributed by atoms with Gasteiger partial charge >= 0.3 is 0 Å². The van der Waals surface area contributed by atoms with E-state index < -0.39 is 10.0 Å². The third kappa shape index (κ3) is 3.73. The summed E-state index contributed by atoms with van der Waals surface area (Å²) in [6, 6.07) is 8.04. The van der Waals surface area contributed by atoms with Gasteiger partial charge in [-0.3, -0.25) is 4.72 Å². The molecule has 9 nitrogen and oxygen atoms in total. The van der Waals surface area contributed by atoms with E-state index in [1.54, 1.807) is 30.5 Å². The van der Waals surface area contributed by atoms with Crippen molar-refractivity contribution in [2.24, 2.45) is 0 Å². The minimum Gasteiger partial charge on any atom is -0.495 e. The highest BCUT2D eigenvalue weighted by atomic mass is 32.2. The Labute approximate surface area is 188 Å². The fourth-order valence-electron chi connectivity index (χ4n) is 3.60. The molecule has 2 aromatic heterocycles. The maximum Gasteiger partial charge on any atom is 0.278 e. The highest BCUT2D eigenvalue weighted by molar-refractivity contribution is 7.92. The maximum atomic E-state index is 13.1. The fourth-order valence-corrected chi connectivity index (χ4v) is 5.28. The van der Waals surface area contributed by atoms with E-state index in [0.717, 1.165) is 18.4 Å². The molecule has 0 atom stereocenters. The molecule has 11 heteroatoms. The van der Waals surface area contributed by atoms with Crippen LogP contribution in [0.5, 0.6) is 22.4 Å². The molecule has 0 aliphatic carbocycles. The number of anilines is 1. The van der Waals surface area contributed by atoms with Crippen LogP contribution in [0.15, 0.2) is 51.3 Å². The van der Waals surface area contributed by atoms with Crippen molar-refractivity contribution in [3.05, 3.63) is 47.5 Å². The molecule has 5 rings (SSSR count). The van der Waals surface area contributed by atoms with Crippen LogP contribution in [0, 0.1) is 0 Å². The number of hydrogen-bond acceptors (Lipinski definition) is 9. The van der Waals surface area contributed by atoms with Gasteiger partial charge in [0.15, 0.2) is 11.4 Å². The van der Waals surface area contributed by atoms with E-state index in [1.165, 1.54) is 24.5 Å². The fraction of sp³-hybridized carbons (Fsp3) is 0.238. The van der Waals surface area contributed by atoms with Crippen molar-refractivity contribution in [1.29, 1.82) is 0 Å². The van der Waals surface area contributed by atoms with Crippen LogP contribution in [0.1, 0.15) is 18.4 Å². The van der Waals surface area contributed by atoms with Crippen LogP contribution in [0.2, 0.25) is 0 Å². The molecule has 0 saturated heterocycles. The summed E-state index contributed by atoms with van der Waals surface area (Å²) in [7, 11) is -2.58. The summed E-state index contributed by atoms with van der Waals surface area (Å²) < 4.78 is 51.4. The van der Waals surface area contributed by atoms with Crippen molar-refractivity contribution in [3.63, 3.8) is 0 Å². The van der Waals surface area contributed by atoms with E-state index in [9.17, 15) is 8.42 Å². The van der Waals surface area contributed by atoms with Crippen molar-refractivity contribution in [3.8, 4) is 22.4 Å². The van der Waals surface area contributed by atoms with Crippen molar-refractivity contribution in [1.82, 2.24) is 10.1 Å². The van der Waals surface area contributed by atoms with Crippen LogP contribution >= 0.6 is 11.3 Å². The molecule has 32 heavy (non-hydrogen) atoms. The molecule has 0 unspecified atom stereocenters. The van der Waals surface area contributed by atoms with Crippen molar-refractivity contribution in [2.75, 3.05) is 18.4 Å². The molecule has 1 aliphatic rings. The number of nitrogens with zero attached hydrogens (tertiary/aromatic N) is 2. The summed E-state index contributed by atoms with van der Waals surface area (Å²) in [6.45, 7) is 0.493. The Hall–Kier alpha value is -3.31. The van der Waals surface area contributed by atoms with E-state index in [-0.39, 0.29) is 16.5 Å². The smallest absolute Gasteiger partial charge is 0.278 e. The van der Waals surface area contributed by atoms with Gasteiger partial charge in [-0.15, -0.1) is 0 Å².